The van der Waals surface area contributed by atoms with Gasteiger partial charge in [-0.3, -0.25) is 0 Å². The average Bonchev–Trinajstić information content (AvgIpc) is 2.69. The molecule has 0 amide bonds. The first-order valence-electron chi connectivity index (χ1n) is 8.28. The van der Waals surface area contributed by atoms with E-state index in [1.54, 1.807) is 6.07 Å². The second-order valence-corrected chi connectivity index (χ2v) is 5.68. The number of nitrogens with zero attached hydrogens (tertiary/aromatic N) is 2. The highest BCUT2D eigenvalue weighted by molar-refractivity contribution is 5.67. The van der Waals surface area contributed by atoms with Gasteiger partial charge in [0.1, 0.15) is 5.82 Å². The van der Waals surface area contributed by atoms with Crippen molar-refractivity contribution in [1.82, 2.24) is 9.97 Å². The summed E-state index contributed by atoms with van der Waals surface area (Å²) in [6.07, 6.45) is 0.499. The van der Waals surface area contributed by atoms with Crippen molar-refractivity contribution in [3.05, 3.63) is 66.0 Å². The van der Waals surface area contributed by atoms with E-state index in [1.807, 2.05) is 30.3 Å². The SMILES string of the molecule is OCCCNc1nc(Nc2ccc(F)c(F)c2F)cc(-c2ccccc2)n1. The van der Waals surface area contributed by atoms with Crippen molar-refractivity contribution < 1.29 is 18.3 Å². The van der Waals surface area contributed by atoms with Gasteiger partial charge in [0.15, 0.2) is 17.5 Å². The van der Waals surface area contributed by atoms with Gasteiger partial charge in [0.05, 0.1) is 11.4 Å². The van der Waals surface area contributed by atoms with Gasteiger partial charge in [-0.05, 0) is 18.6 Å². The molecule has 8 heteroatoms. The molecular formula is C19H17F3N4O. The van der Waals surface area contributed by atoms with E-state index >= 15 is 0 Å². The number of nitrogens with one attached hydrogen (secondary N) is 2. The Morgan fingerprint density at radius 1 is 0.926 bits per heavy atom. The molecule has 2 aromatic carbocycles. The molecule has 140 valence electrons. The number of aromatic nitrogens is 2. The Bertz CT molecular complexity index is 922. The zero-order chi connectivity index (χ0) is 19.2. The first-order valence-corrected chi connectivity index (χ1v) is 8.28. The molecule has 0 aliphatic carbocycles. The Morgan fingerprint density at radius 3 is 2.44 bits per heavy atom. The fraction of sp³-hybridized carbons (Fsp3) is 0.158. The third-order valence-electron chi connectivity index (χ3n) is 3.71. The molecule has 1 heterocycles. The standard InChI is InChI=1S/C19H17F3N4O/c20-13-7-8-14(18(22)17(13)21)24-16-11-15(12-5-2-1-3-6-12)25-19(26-16)23-9-4-10-27/h1-3,5-8,11,27H,4,9-10H2,(H2,23,24,25,26). The van der Waals surface area contributed by atoms with Crippen molar-refractivity contribution in [3.63, 3.8) is 0 Å². The van der Waals surface area contributed by atoms with Crippen molar-refractivity contribution in [3.8, 4) is 11.3 Å². The van der Waals surface area contributed by atoms with Crippen LogP contribution >= 0.6 is 0 Å². The largest absolute Gasteiger partial charge is 0.396 e. The summed E-state index contributed by atoms with van der Waals surface area (Å²) in [6, 6.07) is 12.8. The minimum absolute atomic E-state index is 0.0105. The van der Waals surface area contributed by atoms with Crippen LogP contribution in [0.4, 0.5) is 30.6 Å². The van der Waals surface area contributed by atoms with Gasteiger partial charge in [-0.1, -0.05) is 30.3 Å². The lowest BCUT2D eigenvalue weighted by molar-refractivity contribution is 0.292. The first kappa shape index (κ1) is 18.7. The summed E-state index contributed by atoms with van der Waals surface area (Å²) in [7, 11) is 0. The van der Waals surface area contributed by atoms with Crippen molar-refractivity contribution in [1.29, 1.82) is 0 Å². The molecule has 0 aliphatic rings. The van der Waals surface area contributed by atoms with Gasteiger partial charge in [-0.15, -0.1) is 0 Å². The average molecular weight is 374 g/mol. The van der Waals surface area contributed by atoms with Crippen LogP contribution in [0.1, 0.15) is 6.42 Å². The third-order valence-corrected chi connectivity index (χ3v) is 3.71. The summed E-state index contributed by atoms with van der Waals surface area (Å²) in [5, 5.41) is 14.5. The lowest BCUT2D eigenvalue weighted by Crippen LogP contribution is -2.09. The summed E-state index contributed by atoms with van der Waals surface area (Å²) >= 11 is 0. The number of halogens is 3. The number of benzene rings is 2. The monoisotopic (exact) mass is 374 g/mol. The summed E-state index contributed by atoms with van der Waals surface area (Å²) < 4.78 is 40.5. The predicted molar refractivity (Wildman–Crippen MR) is 97.3 cm³/mol. The lowest BCUT2D eigenvalue weighted by Gasteiger charge is -2.12. The van der Waals surface area contributed by atoms with Gasteiger partial charge in [0, 0.05) is 24.8 Å². The Balaban J connectivity index is 1.96. The number of hydrogen-bond donors (Lipinski definition) is 3. The Morgan fingerprint density at radius 2 is 1.70 bits per heavy atom. The van der Waals surface area contributed by atoms with E-state index in [1.165, 1.54) is 0 Å². The normalized spacial score (nSPS) is 10.7. The Hall–Kier alpha value is -3.13. The van der Waals surface area contributed by atoms with Crippen molar-refractivity contribution in [2.45, 2.75) is 6.42 Å². The molecule has 0 radical (unpaired) electrons. The lowest BCUT2D eigenvalue weighted by atomic mass is 10.1. The summed E-state index contributed by atoms with van der Waals surface area (Å²) in [6.45, 7) is 0.449. The molecule has 27 heavy (non-hydrogen) atoms. The summed E-state index contributed by atoms with van der Waals surface area (Å²) in [4.78, 5) is 8.62. The second-order valence-electron chi connectivity index (χ2n) is 5.68. The number of hydrogen-bond acceptors (Lipinski definition) is 5. The number of aliphatic hydroxyl groups is 1. The van der Waals surface area contributed by atoms with Gasteiger partial charge in [-0.25, -0.2) is 18.2 Å². The Kier molecular flexibility index (Phi) is 5.87. The van der Waals surface area contributed by atoms with Crippen LogP contribution in [-0.4, -0.2) is 28.2 Å². The predicted octanol–water partition coefficient (Wildman–Crippen LogP) is 4.10. The zero-order valence-corrected chi connectivity index (χ0v) is 14.2. The van der Waals surface area contributed by atoms with E-state index in [-0.39, 0.29) is 24.1 Å². The van der Waals surface area contributed by atoms with Crippen LogP contribution < -0.4 is 10.6 Å². The molecule has 0 spiro atoms. The van der Waals surface area contributed by atoms with Crippen LogP contribution in [0.2, 0.25) is 0 Å². The van der Waals surface area contributed by atoms with Crippen LogP contribution in [0.15, 0.2) is 48.5 Å². The molecule has 0 aliphatic heterocycles. The van der Waals surface area contributed by atoms with E-state index in [0.29, 0.717) is 18.7 Å². The zero-order valence-electron chi connectivity index (χ0n) is 14.2. The smallest absolute Gasteiger partial charge is 0.225 e. The number of anilines is 3. The minimum atomic E-state index is -1.56. The van der Waals surface area contributed by atoms with Gasteiger partial charge in [0.2, 0.25) is 5.95 Å². The van der Waals surface area contributed by atoms with Gasteiger partial charge >= 0.3 is 0 Å². The van der Waals surface area contributed by atoms with Crippen LogP contribution in [0, 0.1) is 17.5 Å². The molecule has 5 nitrogen and oxygen atoms in total. The number of aliphatic hydroxyl groups excluding tert-OH is 1. The fourth-order valence-electron chi connectivity index (χ4n) is 2.39. The maximum atomic E-state index is 14.0. The van der Waals surface area contributed by atoms with Crippen LogP contribution in [-0.2, 0) is 0 Å². The van der Waals surface area contributed by atoms with Gasteiger partial charge in [-0.2, -0.15) is 4.98 Å². The quantitative estimate of drug-likeness (QED) is 0.429. The summed E-state index contributed by atoms with van der Waals surface area (Å²) in [5.41, 5.74) is 1.12. The molecule has 0 saturated heterocycles. The molecule has 0 atom stereocenters. The molecule has 0 bridgehead atoms. The molecule has 3 N–H and O–H groups in total. The van der Waals surface area contributed by atoms with E-state index in [9.17, 15) is 13.2 Å². The highest BCUT2D eigenvalue weighted by atomic mass is 19.2. The fourth-order valence-corrected chi connectivity index (χ4v) is 2.39. The molecule has 0 fully saturated rings. The molecule has 3 aromatic rings. The van der Waals surface area contributed by atoms with Crippen LogP contribution in [0.5, 0.6) is 0 Å². The second kappa shape index (κ2) is 8.50. The summed E-state index contributed by atoms with van der Waals surface area (Å²) in [5.74, 6) is -3.68. The Labute approximate surface area is 153 Å². The third kappa shape index (κ3) is 4.53. The van der Waals surface area contributed by atoms with Crippen molar-refractivity contribution in [2.24, 2.45) is 0 Å². The molecule has 3 rings (SSSR count). The topological polar surface area (TPSA) is 70.1 Å². The number of rotatable bonds is 7. The maximum Gasteiger partial charge on any atom is 0.225 e. The first-order chi connectivity index (χ1) is 13.1. The molecule has 1 aromatic heterocycles. The minimum Gasteiger partial charge on any atom is -0.396 e. The molecule has 0 saturated carbocycles. The van der Waals surface area contributed by atoms with E-state index in [2.05, 4.69) is 20.6 Å². The van der Waals surface area contributed by atoms with Crippen LogP contribution in [0.25, 0.3) is 11.3 Å². The van der Waals surface area contributed by atoms with E-state index in [4.69, 9.17) is 5.11 Å². The molecular weight excluding hydrogens is 357 g/mol. The highest BCUT2D eigenvalue weighted by Crippen LogP contribution is 2.26. The van der Waals surface area contributed by atoms with E-state index in [0.717, 1.165) is 17.7 Å². The van der Waals surface area contributed by atoms with Gasteiger partial charge in [0.25, 0.3) is 0 Å². The molecule has 0 unspecified atom stereocenters. The van der Waals surface area contributed by atoms with Crippen molar-refractivity contribution >= 4 is 17.5 Å². The maximum absolute atomic E-state index is 14.0. The highest BCUT2D eigenvalue weighted by Gasteiger charge is 2.15. The van der Waals surface area contributed by atoms with E-state index < -0.39 is 17.5 Å². The van der Waals surface area contributed by atoms with Crippen LogP contribution in [0.3, 0.4) is 0 Å². The van der Waals surface area contributed by atoms with Gasteiger partial charge < -0.3 is 15.7 Å². The van der Waals surface area contributed by atoms with Crippen molar-refractivity contribution in [2.75, 3.05) is 23.8 Å².